The molecule has 3 aromatic rings. The third-order valence-corrected chi connectivity index (χ3v) is 4.90. The maximum absolute atomic E-state index is 6.24. The second-order valence-corrected chi connectivity index (χ2v) is 7.00. The number of nitrogens with two attached hydrogens (primary N) is 1. The van der Waals surface area contributed by atoms with Crippen LogP contribution < -0.4 is 10.5 Å². The molecule has 0 spiro atoms. The van der Waals surface area contributed by atoms with Gasteiger partial charge >= 0.3 is 0 Å². The van der Waals surface area contributed by atoms with Crippen LogP contribution in [-0.2, 0) is 7.05 Å². The highest BCUT2D eigenvalue weighted by molar-refractivity contribution is 9.11. The number of nitrogen functional groups attached to an aromatic ring is 1. The van der Waals surface area contributed by atoms with E-state index < -0.39 is 0 Å². The second kappa shape index (κ2) is 5.54. The zero-order valence-electron chi connectivity index (χ0n) is 11.6. The Balaban J connectivity index is 2.27. The number of hydrogen-bond acceptors (Lipinski definition) is 4. The molecule has 0 fully saturated rings. The van der Waals surface area contributed by atoms with Crippen molar-refractivity contribution in [3.05, 3.63) is 40.2 Å². The maximum Gasteiger partial charge on any atom is 0.130 e. The highest BCUT2D eigenvalue weighted by Crippen LogP contribution is 2.42. The van der Waals surface area contributed by atoms with E-state index in [0.717, 1.165) is 31.2 Å². The SMILES string of the molecule is COc1ccccc1-c1c(-c2ccc(Br)s2)nn(C)c1N. The minimum atomic E-state index is 0.624. The predicted octanol–water partition coefficient (Wildman–Crippen LogP) is 4.17. The summed E-state index contributed by atoms with van der Waals surface area (Å²) in [6, 6.07) is 11.9. The summed E-state index contributed by atoms with van der Waals surface area (Å²) >= 11 is 5.12. The number of anilines is 1. The van der Waals surface area contributed by atoms with Gasteiger partial charge in [-0.2, -0.15) is 5.10 Å². The molecule has 0 atom stereocenters. The molecule has 0 unspecified atom stereocenters. The van der Waals surface area contributed by atoms with Crippen molar-refractivity contribution in [1.82, 2.24) is 9.78 Å². The second-order valence-electron chi connectivity index (χ2n) is 4.54. The molecule has 0 amide bonds. The van der Waals surface area contributed by atoms with E-state index in [1.165, 1.54) is 0 Å². The molecule has 4 nitrogen and oxygen atoms in total. The average molecular weight is 364 g/mol. The third-order valence-electron chi connectivity index (χ3n) is 3.27. The van der Waals surface area contributed by atoms with Gasteiger partial charge in [-0.15, -0.1) is 11.3 Å². The lowest BCUT2D eigenvalue weighted by atomic mass is 10.0. The van der Waals surface area contributed by atoms with Crippen LogP contribution in [0.1, 0.15) is 0 Å². The first-order valence-electron chi connectivity index (χ1n) is 6.33. The molecule has 3 rings (SSSR count). The van der Waals surface area contributed by atoms with Crippen molar-refractivity contribution in [2.45, 2.75) is 0 Å². The Kier molecular flexibility index (Phi) is 3.73. The van der Waals surface area contributed by atoms with Crippen molar-refractivity contribution in [3.63, 3.8) is 0 Å². The average Bonchev–Trinajstić information content (AvgIpc) is 3.04. The van der Waals surface area contributed by atoms with Crippen LogP contribution in [0.3, 0.4) is 0 Å². The van der Waals surface area contributed by atoms with Gasteiger partial charge in [-0.25, -0.2) is 0 Å². The van der Waals surface area contributed by atoms with Crippen LogP contribution in [0.2, 0.25) is 0 Å². The van der Waals surface area contributed by atoms with E-state index in [9.17, 15) is 0 Å². The smallest absolute Gasteiger partial charge is 0.130 e. The van der Waals surface area contributed by atoms with E-state index in [-0.39, 0.29) is 0 Å². The first kappa shape index (κ1) is 14.2. The molecule has 0 bridgehead atoms. The zero-order chi connectivity index (χ0) is 15.0. The number of para-hydroxylation sites is 1. The maximum atomic E-state index is 6.24. The lowest BCUT2D eigenvalue weighted by molar-refractivity contribution is 0.416. The molecule has 0 aliphatic heterocycles. The Bertz CT molecular complexity index is 794. The van der Waals surface area contributed by atoms with E-state index in [4.69, 9.17) is 10.5 Å². The molecule has 0 aliphatic rings. The molecule has 2 aromatic heterocycles. The highest BCUT2D eigenvalue weighted by Gasteiger charge is 2.21. The van der Waals surface area contributed by atoms with Crippen LogP contribution in [0, 0.1) is 0 Å². The van der Waals surface area contributed by atoms with Crippen molar-refractivity contribution in [1.29, 1.82) is 0 Å². The molecule has 108 valence electrons. The van der Waals surface area contributed by atoms with Crippen LogP contribution >= 0.6 is 27.3 Å². The normalized spacial score (nSPS) is 10.8. The van der Waals surface area contributed by atoms with Gasteiger partial charge in [0.25, 0.3) is 0 Å². The van der Waals surface area contributed by atoms with Gasteiger partial charge in [-0.3, -0.25) is 4.68 Å². The monoisotopic (exact) mass is 363 g/mol. The van der Waals surface area contributed by atoms with Gasteiger partial charge in [0.2, 0.25) is 0 Å². The van der Waals surface area contributed by atoms with Gasteiger partial charge in [-0.05, 0) is 34.1 Å². The molecule has 6 heteroatoms. The van der Waals surface area contributed by atoms with E-state index in [0.29, 0.717) is 5.82 Å². The first-order valence-corrected chi connectivity index (χ1v) is 7.94. The van der Waals surface area contributed by atoms with Gasteiger partial charge in [-0.1, -0.05) is 18.2 Å². The lowest BCUT2D eigenvalue weighted by Crippen LogP contribution is -1.98. The number of halogens is 1. The van der Waals surface area contributed by atoms with Crippen LogP contribution in [0.4, 0.5) is 5.82 Å². The number of thiophene rings is 1. The van der Waals surface area contributed by atoms with Gasteiger partial charge in [0, 0.05) is 12.6 Å². The summed E-state index contributed by atoms with van der Waals surface area (Å²) in [6.45, 7) is 0. The summed E-state index contributed by atoms with van der Waals surface area (Å²) in [5.41, 5.74) is 8.97. The minimum absolute atomic E-state index is 0.624. The van der Waals surface area contributed by atoms with E-state index in [1.54, 1.807) is 23.1 Å². The summed E-state index contributed by atoms with van der Waals surface area (Å²) in [7, 11) is 3.51. The number of rotatable bonds is 3. The third kappa shape index (κ3) is 2.45. The molecule has 0 aliphatic carbocycles. The fraction of sp³-hybridized carbons (Fsp3) is 0.133. The van der Waals surface area contributed by atoms with Crippen LogP contribution in [-0.4, -0.2) is 16.9 Å². The van der Waals surface area contributed by atoms with Crippen LogP contribution in [0.5, 0.6) is 5.75 Å². The fourth-order valence-corrected chi connectivity index (χ4v) is 3.64. The Labute approximate surface area is 135 Å². The van der Waals surface area contributed by atoms with E-state index >= 15 is 0 Å². The largest absolute Gasteiger partial charge is 0.496 e. The van der Waals surface area contributed by atoms with Crippen LogP contribution in [0.15, 0.2) is 40.2 Å². The summed E-state index contributed by atoms with van der Waals surface area (Å²) in [5.74, 6) is 1.41. The molecule has 0 saturated heterocycles. The van der Waals surface area contributed by atoms with Gasteiger partial charge in [0.05, 0.1) is 21.3 Å². The Morgan fingerprint density at radius 2 is 2.00 bits per heavy atom. The lowest BCUT2D eigenvalue weighted by Gasteiger charge is -2.09. The number of nitrogens with zero attached hydrogens (tertiary/aromatic N) is 2. The molecule has 0 radical (unpaired) electrons. The number of ether oxygens (including phenoxy) is 1. The van der Waals surface area contributed by atoms with Crippen molar-refractivity contribution in [2.24, 2.45) is 7.05 Å². The summed E-state index contributed by atoms with van der Waals surface area (Å²) in [4.78, 5) is 1.06. The molecule has 0 saturated carbocycles. The number of aromatic nitrogens is 2. The quantitative estimate of drug-likeness (QED) is 0.759. The van der Waals surface area contributed by atoms with Gasteiger partial charge < -0.3 is 10.5 Å². The van der Waals surface area contributed by atoms with Gasteiger partial charge in [0.15, 0.2) is 0 Å². The zero-order valence-corrected chi connectivity index (χ0v) is 14.0. The highest BCUT2D eigenvalue weighted by atomic mass is 79.9. The summed E-state index contributed by atoms with van der Waals surface area (Å²) < 4.78 is 8.22. The molecule has 2 N–H and O–H groups in total. The molecular weight excluding hydrogens is 350 g/mol. The summed E-state index contributed by atoms with van der Waals surface area (Å²) in [5, 5.41) is 4.57. The predicted molar refractivity (Wildman–Crippen MR) is 90.6 cm³/mol. The van der Waals surface area contributed by atoms with Gasteiger partial charge in [0.1, 0.15) is 17.3 Å². The molecule has 1 aromatic carbocycles. The Morgan fingerprint density at radius 1 is 1.24 bits per heavy atom. The first-order chi connectivity index (χ1) is 10.1. The van der Waals surface area contributed by atoms with Crippen molar-refractivity contribution in [3.8, 4) is 27.4 Å². The standard InChI is InChI=1S/C15H14BrN3OS/c1-19-15(17)13(9-5-3-4-6-10(9)20-2)14(18-19)11-7-8-12(16)21-11/h3-8H,17H2,1-2H3. The van der Waals surface area contributed by atoms with Crippen molar-refractivity contribution in [2.75, 3.05) is 12.8 Å². The molecular formula is C15H14BrN3OS. The summed E-state index contributed by atoms with van der Waals surface area (Å²) in [6.07, 6.45) is 0. The van der Waals surface area contributed by atoms with E-state index in [2.05, 4.69) is 21.0 Å². The Hall–Kier alpha value is -1.79. The number of benzene rings is 1. The van der Waals surface area contributed by atoms with Crippen LogP contribution in [0.25, 0.3) is 21.7 Å². The fourth-order valence-electron chi connectivity index (χ4n) is 2.27. The van der Waals surface area contributed by atoms with E-state index in [1.807, 2.05) is 43.4 Å². The number of hydrogen-bond donors (Lipinski definition) is 1. The molecule has 21 heavy (non-hydrogen) atoms. The Morgan fingerprint density at radius 3 is 2.67 bits per heavy atom. The van der Waals surface area contributed by atoms with Crippen molar-refractivity contribution >= 4 is 33.1 Å². The molecule has 2 heterocycles. The number of aryl methyl sites for hydroxylation is 1. The number of methoxy groups -OCH3 is 1. The van der Waals surface area contributed by atoms with Crippen molar-refractivity contribution < 1.29 is 4.74 Å². The minimum Gasteiger partial charge on any atom is -0.496 e. The topological polar surface area (TPSA) is 53.1 Å².